The summed E-state index contributed by atoms with van der Waals surface area (Å²) < 4.78 is 16.7. The number of nitrogens with zero attached hydrogens (tertiary/aromatic N) is 1. The predicted octanol–water partition coefficient (Wildman–Crippen LogP) is 3.79. The standard InChI is InChI=1S/C24H26N2O5/c1-14-15(2)31-22-18(14)4-3-5-19(22)24(28)26-10-8-16(9-11-26)23(27)25-17-6-7-20-21(12-17)30-13-29-20/h3-7,12,14-16H,8-11,13H2,1-2H3,(H,25,27)/t14-,15-/m1/s1. The molecule has 2 aromatic rings. The molecule has 2 aromatic carbocycles. The number of anilines is 1. The lowest BCUT2D eigenvalue weighted by atomic mass is 9.94. The van der Waals surface area contributed by atoms with E-state index in [1.807, 2.05) is 36.1 Å². The number of carbonyl (C=O) groups is 2. The van der Waals surface area contributed by atoms with Crippen LogP contribution < -0.4 is 19.5 Å². The number of likely N-dealkylation sites (tertiary alicyclic amines) is 1. The minimum atomic E-state index is -0.132. The van der Waals surface area contributed by atoms with Crippen molar-refractivity contribution in [3.8, 4) is 17.2 Å². The molecule has 2 amide bonds. The van der Waals surface area contributed by atoms with Crippen molar-refractivity contribution in [3.05, 3.63) is 47.5 Å². The monoisotopic (exact) mass is 422 g/mol. The summed E-state index contributed by atoms with van der Waals surface area (Å²) in [6.45, 7) is 5.45. The molecular weight excluding hydrogens is 396 g/mol. The third-order valence-electron chi connectivity index (χ3n) is 6.57. The summed E-state index contributed by atoms with van der Waals surface area (Å²) in [5, 5.41) is 2.96. The molecular formula is C24H26N2O5. The molecule has 0 radical (unpaired) electrons. The van der Waals surface area contributed by atoms with Crippen molar-refractivity contribution in [2.24, 2.45) is 5.92 Å². The van der Waals surface area contributed by atoms with Gasteiger partial charge in [0.05, 0.1) is 5.56 Å². The molecule has 31 heavy (non-hydrogen) atoms. The molecule has 5 rings (SSSR count). The third kappa shape index (κ3) is 3.58. The average molecular weight is 422 g/mol. The van der Waals surface area contributed by atoms with Gasteiger partial charge in [-0.25, -0.2) is 0 Å². The molecule has 3 aliphatic heterocycles. The van der Waals surface area contributed by atoms with Gasteiger partial charge in [0, 0.05) is 42.2 Å². The van der Waals surface area contributed by atoms with Crippen molar-refractivity contribution in [2.75, 3.05) is 25.2 Å². The molecule has 3 aliphatic rings. The highest BCUT2D eigenvalue weighted by molar-refractivity contribution is 5.98. The van der Waals surface area contributed by atoms with Crippen molar-refractivity contribution in [1.82, 2.24) is 4.90 Å². The molecule has 0 aliphatic carbocycles. The number of fused-ring (bicyclic) bond motifs is 2. The van der Waals surface area contributed by atoms with Crippen LogP contribution in [0.2, 0.25) is 0 Å². The van der Waals surface area contributed by atoms with Crippen molar-refractivity contribution in [1.29, 1.82) is 0 Å². The molecule has 0 saturated carbocycles. The van der Waals surface area contributed by atoms with E-state index < -0.39 is 0 Å². The topological polar surface area (TPSA) is 77.1 Å². The Balaban J connectivity index is 1.21. The second-order valence-electron chi connectivity index (χ2n) is 8.46. The maximum absolute atomic E-state index is 13.2. The van der Waals surface area contributed by atoms with Crippen LogP contribution in [0.15, 0.2) is 36.4 Å². The summed E-state index contributed by atoms with van der Waals surface area (Å²) in [5.41, 5.74) is 2.40. The number of hydrogen-bond acceptors (Lipinski definition) is 5. The van der Waals surface area contributed by atoms with Gasteiger partial charge in [0.1, 0.15) is 11.9 Å². The molecule has 1 saturated heterocycles. The smallest absolute Gasteiger partial charge is 0.257 e. The number of ether oxygens (including phenoxy) is 3. The molecule has 0 spiro atoms. The van der Waals surface area contributed by atoms with E-state index in [1.165, 1.54) is 0 Å². The van der Waals surface area contributed by atoms with Gasteiger partial charge in [0.2, 0.25) is 12.7 Å². The van der Waals surface area contributed by atoms with E-state index in [9.17, 15) is 9.59 Å². The van der Waals surface area contributed by atoms with Crippen LogP contribution in [0.25, 0.3) is 0 Å². The number of benzene rings is 2. The SMILES string of the molecule is C[C@H]1Oc2c(C(=O)N3CCC(C(=O)Nc4ccc5c(c4)OCO5)CC3)cccc2[C@@H]1C. The molecule has 1 N–H and O–H groups in total. The Labute approximate surface area is 181 Å². The summed E-state index contributed by atoms with van der Waals surface area (Å²) in [7, 11) is 0. The maximum Gasteiger partial charge on any atom is 0.257 e. The number of nitrogens with one attached hydrogen (secondary N) is 1. The lowest BCUT2D eigenvalue weighted by Gasteiger charge is -2.31. The highest BCUT2D eigenvalue weighted by atomic mass is 16.7. The van der Waals surface area contributed by atoms with Crippen molar-refractivity contribution in [2.45, 2.75) is 38.7 Å². The molecule has 3 heterocycles. The van der Waals surface area contributed by atoms with E-state index in [2.05, 4.69) is 12.2 Å². The number of para-hydroxylation sites is 1. The highest BCUT2D eigenvalue weighted by Crippen LogP contribution is 2.41. The van der Waals surface area contributed by atoms with Crippen LogP contribution in [0.3, 0.4) is 0 Å². The van der Waals surface area contributed by atoms with Crippen LogP contribution >= 0.6 is 0 Å². The Hall–Kier alpha value is -3.22. The molecule has 0 bridgehead atoms. The first-order valence-corrected chi connectivity index (χ1v) is 10.8. The average Bonchev–Trinajstić information content (AvgIpc) is 3.37. The number of hydrogen-bond donors (Lipinski definition) is 1. The molecule has 7 nitrogen and oxygen atoms in total. The fourth-order valence-corrected chi connectivity index (χ4v) is 4.49. The first kappa shape index (κ1) is 19.7. The maximum atomic E-state index is 13.2. The van der Waals surface area contributed by atoms with E-state index in [1.54, 1.807) is 12.1 Å². The van der Waals surface area contributed by atoms with Gasteiger partial charge in [-0.15, -0.1) is 0 Å². The Morgan fingerprint density at radius 3 is 2.61 bits per heavy atom. The van der Waals surface area contributed by atoms with Crippen LogP contribution in [0.5, 0.6) is 17.2 Å². The van der Waals surface area contributed by atoms with Gasteiger partial charge >= 0.3 is 0 Å². The second kappa shape index (κ2) is 7.80. The van der Waals surface area contributed by atoms with Gasteiger partial charge in [0.15, 0.2) is 11.5 Å². The fourth-order valence-electron chi connectivity index (χ4n) is 4.49. The summed E-state index contributed by atoms with van der Waals surface area (Å²) >= 11 is 0. The second-order valence-corrected chi connectivity index (χ2v) is 8.46. The van der Waals surface area contributed by atoms with Crippen LogP contribution in [0.4, 0.5) is 5.69 Å². The van der Waals surface area contributed by atoms with Gasteiger partial charge in [0.25, 0.3) is 5.91 Å². The zero-order valence-electron chi connectivity index (χ0n) is 17.7. The van der Waals surface area contributed by atoms with Crippen LogP contribution in [0, 0.1) is 5.92 Å². The number of piperidine rings is 1. The predicted molar refractivity (Wildman–Crippen MR) is 115 cm³/mol. The van der Waals surface area contributed by atoms with Gasteiger partial charge in [-0.05, 0) is 38.0 Å². The summed E-state index contributed by atoms with van der Waals surface area (Å²) in [6.07, 6.45) is 1.32. The quantitative estimate of drug-likeness (QED) is 0.814. The van der Waals surface area contributed by atoms with Gasteiger partial charge in [-0.1, -0.05) is 19.1 Å². The van der Waals surface area contributed by atoms with E-state index in [-0.39, 0.29) is 36.5 Å². The van der Waals surface area contributed by atoms with Gasteiger partial charge < -0.3 is 24.4 Å². The van der Waals surface area contributed by atoms with E-state index in [4.69, 9.17) is 14.2 Å². The van der Waals surface area contributed by atoms with E-state index in [0.717, 1.165) is 11.3 Å². The van der Waals surface area contributed by atoms with E-state index >= 15 is 0 Å². The molecule has 1 fully saturated rings. The Kier molecular flexibility index (Phi) is 4.96. The highest BCUT2D eigenvalue weighted by Gasteiger charge is 2.34. The number of carbonyl (C=O) groups excluding carboxylic acids is 2. The van der Waals surface area contributed by atoms with Crippen molar-refractivity contribution >= 4 is 17.5 Å². The Morgan fingerprint density at radius 1 is 1.03 bits per heavy atom. The number of rotatable bonds is 3. The van der Waals surface area contributed by atoms with Crippen molar-refractivity contribution in [3.63, 3.8) is 0 Å². The van der Waals surface area contributed by atoms with Gasteiger partial charge in [-0.2, -0.15) is 0 Å². The fraction of sp³-hybridized carbons (Fsp3) is 0.417. The van der Waals surface area contributed by atoms with Crippen molar-refractivity contribution < 1.29 is 23.8 Å². The molecule has 0 unspecified atom stereocenters. The normalized spacial score (nSPS) is 22.1. The Morgan fingerprint density at radius 2 is 1.81 bits per heavy atom. The lowest BCUT2D eigenvalue weighted by Crippen LogP contribution is -2.41. The molecule has 7 heteroatoms. The lowest BCUT2D eigenvalue weighted by molar-refractivity contribution is -0.121. The Bertz CT molecular complexity index is 1030. The molecule has 0 aromatic heterocycles. The van der Waals surface area contributed by atoms with Gasteiger partial charge in [-0.3, -0.25) is 9.59 Å². The first-order valence-electron chi connectivity index (χ1n) is 10.8. The number of amides is 2. The van der Waals surface area contributed by atoms with Crippen LogP contribution in [0.1, 0.15) is 48.5 Å². The third-order valence-corrected chi connectivity index (χ3v) is 6.57. The summed E-state index contributed by atoms with van der Waals surface area (Å²) in [6, 6.07) is 11.2. The first-order chi connectivity index (χ1) is 15.0. The van der Waals surface area contributed by atoms with Crippen LogP contribution in [-0.4, -0.2) is 42.7 Å². The minimum Gasteiger partial charge on any atom is -0.489 e. The molecule has 2 atom stereocenters. The summed E-state index contributed by atoms with van der Waals surface area (Å²) in [5.74, 6) is 2.13. The molecule has 162 valence electrons. The van der Waals surface area contributed by atoms with E-state index in [0.29, 0.717) is 48.7 Å². The zero-order chi connectivity index (χ0) is 21.5. The largest absolute Gasteiger partial charge is 0.489 e. The minimum absolute atomic E-state index is 0.0206. The summed E-state index contributed by atoms with van der Waals surface area (Å²) in [4.78, 5) is 27.7. The zero-order valence-corrected chi connectivity index (χ0v) is 17.7. The van der Waals surface area contributed by atoms with Crippen LogP contribution in [-0.2, 0) is 4.79 Å².